The van der Waals surface area contributed by atoms with E-state index in [1.165, 1.54) is 6.07 Å². The molecule has 1 aliphatic rings. The number of halogens is 1. The lowest BCUT2D eigenvalue weighted by Crippen LogP contribution is -2.15. The van der Waals surface area contributed by atoms with Crippen LogP contribution in [-0.4, -0.2) is 8.42 Å². The molecule has 0 saturated carbocycles. The van der Waals surface area contributed by atoms with Gasteiger partial charge in [-0.1, -0.05) is 74.7 Å². The normalized spacial score (nSPS) is 17.1. The Kier molecular flexibility index (Phi) is 7.66. The molecule has 0 aliphatic heterocycles. The van der Waals surface area contributed by atoms with Gasteiger partial charge in [-0.25, -0.2) is 12.8 Å². The second-order valence-electron chi connectivity index (χ2n) is 9.22. The molecule has 1 aliphatic carbocycles. The van der Waals surface area contributed by atoms with Crippen LogP contribution in [0.5, 0.6) is 0 Å². The SMILES string of the molecule is C=C(C)C(C)=CC1=C(C)C(=C)CC(=C)C1c1ccc(C(=C)S(=O)(=O)c2ccc(CC)cc2)cc1F. The quantitative estimate of drug-likeness (QED) is 0.290. The molecule has 0 aromatic heterocycles. The third kappa shape index (κ3) is 5.23. The molecule has 1 atom stereocenters. The van der Waals surface area contributed by atoms with Gasteiger partial charge >= 0.3 is 0 Å². The molecule has 1 unspecified atom stereocenters. The number of rotatable bonds is 7. The second-order valence-corrected chi connectivity index (χ2v) is 11.2. The molecule has 4 heteroatoms. The van der Waals surface area contributed by atoms with Gasteiger partial charge in [0.25, 0.3) is 0 Å². The molecule has 182 valence electrons. The summed E-state index contributed by atoms with van der Waals surface area (Å²) in [5.41, 5.74) is 7.38. The van der Waals surface area contributed by atoms with Gasteiger partial charge in [-0.3, -0.25) is 0 Å². The first-order valence-electron chi connectivity index (χ1n) is 11.6. The summed E-state index contributed by atoms with van der Waals surface area (Å²) in [5, 5.41) is 0. The number of aryl methyl sites for hydroxylation is 1. The highest BCUT2D eigenvalue weighted by Crippen LogP contribution is 2.45. The fourth-order valence-corrected chi connectivity index (χ4v) is 5.44. The number of hydrogen-bond acceptors (Lipinski definition) is 2. The van der Waals surface area contributed by atoms with E-state index in [4.69, 9.17) is 0 Å². The van der Waals surface area contributed by atoms with Crippen LogP contribution < -0.4 is 0 Å². The van der Waals surface area contributed by atoms with Crippen LogP contribution in [0.2, 0.25) is 0 Å². The van der Waals surface area contributed by atoms with E-state index in [2.05, 4.69) is 26.3 Å². The summed E-state index contributed by atoms with van der Waals surface area (Å²) in [5.74, 6) is -0.860. The molecule has 0 fully saturated rings. The maximum Gasteiger partial charge on any atom is 0.206 e. The van der Waals surface area contributed by atoms with Gasteiger partial charge in [0.1, 0.15) is 5.82 Å². The fraction of sp³-hybridized carbons (Fsp3) is 0.226. The Bertz CT molecular complexity index is 1400. The van der Waals surface area contributed by atoms with Gasteiger partial charge in [-0.05, 0) is 90.8 Å². The molecule has 0 heterocycles. The standard InChI is InChI=1S/C31H33FO2S/c1-9-25-10-13-27(14-11-25)35(33,34)24(8)26-12-15-28(30(32)18-26)31-22(6)16-21(5)23(7)29(31)17-20(4)19(2)3/h10-15,17-18,31H,2,5-6,8-9,16H2,1,3-4,7H3. The van der Waals surface area contributed by atoms with Crippen molar-refractivity contribution in [1.29, 1.82) is 0 Å². The molecule has 35 heavy (non-hydrogen) atoms. The van der Waals surface area contributed by atoms with Gasteiger partial charge in [0.2, 0.25) is 9.84 Å². The molecule has 0 bridgehead atoms. The second kappa shape index (κ2) is 10.2. The monoisotopic (exact) mass is 488 g/mol. The zero-order valence-corrected chi connectivity index (χ0v) is 21.9. The number of hydrogen-bond donors (Lipinski definition) is 0. The van der Waals surface area contributed by atoms with Crippen LogP contribution in [0.1, 0.15) is 56.7 Å². The maximum atomic E-state index is 15.6. The van der Waals surface area contributed by atoms with Crippen LogP contribution in [0.15, 0.2) is 113 Å². The summed E-state index contributed by atoms with van der Waals surface area (Å²) >= 11 is 0. The van der Waals surface area contributed by atoms with Gasteiger partial charge in [-0.2, -0.15) is 0 Å². The average Bonchev–Trinajstić information content (AvgIpc) is 2.82. The van der Waals surface area contributed by atoms with E-state index in [0.29, 0.717) is 12.0 Å². The smallest absolute Gasteiger partial charge is 0.206 e. The van der Waals surface area contributed by atoms with Gasteiger partial charge in [0, 0.05) is 5.92 Å². The fourth-order valence-electron chi connectivity index (χ4n) is 4.22. The lowest BCUT2D eigenvalue weighted by molar-refractivity contribution is 0.601. The highest BCUT2D eigenvalue weighted by Gasteiger charge is 2.29. The van der Waals surface area contributed by atoms with Crippen molar-refractivity contribution in [1.82, 2.24) is 0 Å². The van der Waals surface area contributed by atoms with Crippen LogP contribution in [0.3, 0.4) is 0 Å². The van der Waals surface area contributed by atoms with Crippen molar-refractivity contribution < 1.29 is 12.8 Å². The Labute approximate surface area is 209 Å². The van der Waals surface area contributed by atoms with Crippen molar-refractivity contribution in [3.63, 3.8) is 0 Å². The first-order valence-corrected chi connectivity index (χ1v) is 13.1. The number of allylic oxidation sites excluding steroid dienone is 7. The van der Waals surface area contributed by atoms with Crippen LogP contribution >= 0.6 is 0 Å². The van der Waals surface area contributed by atoms with Crippen molar-refractivity contribution in [2.24, 2.45) is 0 Å². The summed E-state index contributed by atoms with van der Waals surface area (Å²) in [6.07, 6.45) is 3.41. The Balaban J connectivity index is 2.05. The van der Waals surface area contributed by atoms with Gasteiger partial charge in [0.05, 0.1) is 9.80 Å². The van der Waals surface area contributed by atoms with Crippen molar-refractivity contribution in [2.75, 3.05) is 0 Å². The highest BCUT2D eigenvalue weighted by atomic mass is 32.2. The van der Waals surface area contributed by atoms with E-state index in [1.54, 1.807) is 36.4 Å². The lowest BCUT2D eigenvalue weighted by Gasteiger charge is -2.31. The topological polar surface area (TPSA) is 34.1 Å². The Morgan fingerprint density at radius 1 is 1.09 bits per heavy atom. The molecular weight excluding hydrogens is 455 g/mol. The van der Waals surface area contributed by atoms with E-state index in [1.807, 2.05) is 33.8 Å². The average molecular weight is 489 g/mol. The van der Waals surface area contributed by atoms with Crippen LogP contribution in [0.4, 0.5) is 4.39 Å². The van der Waals surface area contributed by atoms with E-state index in [0.717, 1.165) is 45.4 Å². The van der Waals surface area contributed by atoms with Crippen molar-refractivity contribution in [2.45, 2.75) is 51.3 Å². The van der Waals surface area contributed by atoms with Crippen molar-refractivity contribution in [3.05, 3.63) is 131 Å². The first kappa shape index (κ1) is 26.4. The molecule has 2 aromatic rings. The summed E-state index contributed by atoms with van der Waals surface area (Å²) < 4.78 is 41.8. The number of benzene rings is 2. The summed E-state index contributed by atoms with van der Waals surface area (Å²) in [4.78, 5) is 0.0117. The highest BCUT2D eigenvalue weighted by molar-refractivity contribution is 8.00. The van der Waals surface area contributed by atoms with Crippen molar-refractivity contribution in [3.8, 4) is 0 Å². The molecule has 0 amide bonds. The predicted molar refractivity (Wildman–Crippen MR) is 145 cm³/mol. The summed E-state index contributed by atoms with van der Waals surface area (Å²) in [6.45, 7) is 24.1. The molecular formula is C31H33FO2S. The molecule has 2 aromatic carbocycles. The molecule has 3 rings (SSSR count). The van der Waals surface area contributed by atoms with E-state index >= 15 is 4.39 Å². The maximum absolute atomic E-state index is 15.6. The minimum absolute atomic E-state index is 0.131. The predicted octanol–water partition coefficient (Wildman–Crippen LogP) is 8.27. The third-order valence-electron chi connectivity index (χ3n) is 6.77. The van der Waals surface area contributed by atoms with Crippen LogP contribution in [0.25, 0.3) is 4.91 Å². The Morgan fingerprint density at radius 2 is 1.71 bits per heavy atom. The molecule has 0 radical (unpaired) electrons. The minimum atomic E-state index is -3.85. The zero-order chi connectivity index (χ0) is 26.1. The van der Waals surface area contributed by atoms with E-state index in [-0.39, 0.29) is 21.3 Å². The summed E-state index contributed by atoms with van der Waals surface area (Å²) in [6, 6.07) is 11.2. The summed E-state index contributed by atoms with van der Waals surface area (Å²) in [7, 11) is -3.85. The minimum Gasteiger partial charge on any atom is -0.219 e. The van der Waals surface area contributed by atoms with Gasteiger partial charge < -0.3 is 0 Å². The number of sulfone groups is 1. The molecule has 2 nitrogen and oxygen atoms in total. The van der Waals surface area contributed by atoms with Crippen molar-refractivity contribution >= 4 is 14.7 Å². The van der Waals surface area contributed by atoms with E-state index < -0.39 is 15.7 Å². The molecule has 0 spiro atoms. The first-order chi connectivity index (χ1) is 16.4. The zero-order valence-electron chi connectivity index (χ0n) is 21.0. The molecule has 0 N–H and O–H groups in total. The van der Waals surface area contributed by atoms with Crippen LogP contribution in [-0.2, 0) is 16.3 Å². The lowest BCUT2D eigenvalue weighted by atomic mass is 9.73. The van der Waals surface area contributed by atoms with Crippen LogP contribution in [0, 0.1) is 5.82 Å². The van der Waals surface area contributed by atoms with Gasteiger partial charge in [0.15, 0.2) is 0 Å². The molecule has 0 saturated heterocycles. The van der Waals surface area contributed by atoms with E-state index in [9.17, 15) is 8.42 Å². The Hall–Kier alpha value is -3.24. The third-order valence-corrected chi connectivity index (χ3v) is 8.55. The Morgan fingerprint density at radius 3 is 2.26 bits per heavy atom. The largest absolute Gasteiger partial charge is 0.219 e. The van der Waals surface area contributed by atoms with Gasteiger partial charge in [-0.15, -0.1) is 0 Å².